The van der Waals surface area contributed by atoms with Crippen molar-refractivity contribution in [2.45, 2.75) is 26.4 Å². The maximum absolute atomic E-state index is 12.4. The summed E-state index contributed by atoms with van der Waals surface area (Å²) in [6, 6.07) is 7.71. The lowest BCUT2D eigenvalue weighted by molar-refractivity contribution is 0.0609. The molecule has 1 aliphatic heterocycles. The van der Waals surface area contributed by atoms with Crippen LogP contribution in [-0.2, 0) is 6.54 Å². The molecule has 1 unspecified atom stereocenters. The Bertz CT molecular complexity index is 629. The van der Waals surface area contributed by atoms with Gasteiger partial charge in [-0.3, -0.25) is 4.79 Å². The molecule has 0 radical (unpaired) electrons. The number of carbonyl (C=O) groups excluding carboxylic acids is 1. The average molecular weight is 323 g/mol. The molecular formula is C14H15BrN2O2. The number of hydrogen-bond acceptors (Lipinski definition) is 2. The van der Waals surface area contributed by atoms with Crippen LogP contribution in [0, 0.1) is 6.92 Å². The van der Waals surface area contributed by atoms with E-state index in [4.69, 9.17) is 4.42 Å². The Morgan fingerprint density at radius 3 is 2.79 bits per heavy atom. The van der Waals surface area contributed by atoms with Gasteiger partial charge >= 0.3 is 0 Å². The topological polar surface area (TPSA) is 38.4 Å². The standard InChI is InChI=1S/C14H15BrN2O2/c1-9-3-4-11-10(2)17(8-7-16(9)11)14(18)12-5-6-13(15)19-12/h3-6,10H,7-8H2,1-2H3. The lowest BCUT2D eigenvalue weighted by Crippen LogP contribution is -2.40. The first kappa shape index (κ1) is 12.5. The summed E-state index contributed by atoms with van der Waals surface area (Å²) in [6.45, 7) is 5.70. The molecule has 0 N–H and O–H groups in total. The number of halogens is 1. The van der Waals surface area contributed by atoms with Crippen LogP contribution in [0.1, 0.15) is 34.9 Å². The molecule has 0 saturated carbocycles. The Morgan fingerprint density at radius 1 is 1.32 bits per heavy atom. The van der Waals surface area contributed by atoms with Gasteiger partial charge in [0, 0.05) is 24.5 Å². The van der Waals surface area contributed by atoms with Crippen molar-refractivity contribution in [3.8, 4) is 0 Å². The van der Waals surface area contributed by atoms with Crippen LogP contribution in [0.4, 0.5) is 0 Å². The van der Waals surface area contributed by atoms with E-state index in [-0.39, 0.29) is 11.9 Å². The third-order valence-corrected chi connectivity index (χ3v) is 4.16. The second-order valence-corrected chi connectivity index (χ2v) is 5.61. The van der Waals surface area contributed by atoms with Gasteiger partial charge in [-0.2, -0.15) is 0 Å². The highest BCUT2D eigenvalue weighted by Crippen LogP contribution is 2.29. The van der Waals surface area contributed by atoms with Crippen LogP contribution in [0.2, 0.25) is 0 Å². The number of carbonyl (C=O) groups is 1. The van der Waals surface area contributed by atoms with E-state index in [2.05, 4.69) is 46.5 Å². The molecule has 5 heteroatoms. The monoisotopic (exact) mass is 322 g/mol. The van der Waals surface area contributed by atoms with Crippen molar-refractivity contribution in [1.82, 2.24) is 9.47 Å². The van der Waals surface area contributed by atoms with Crippen molar-refractivity contribution in [1.29, 1.82) is 0 Å². The Morgan fingerprint density at radius 2 is 2.11 bits per heavy atom. The first-order valence-corrected chi connectivity index (χ1v) is 7.09. The molecule has 1 atom stereocenters. The van der Waals surface area contributed by atoms with Crippen molar-refractivity contribution in [3.63, 3.8) is 0 Å². The molecule has 1 aliphatic rings. The normalized spacial score (nSPS) is 18.5. The second-order valence-electron chi connectivity index (χ2n) is 4.83. The summed E-state index contributed by atoms with van der Waals surface area (Å²) in [4.78, 5) is 14.3. The minimum absolute atomic E-state index is 0.0525. The second kappa shape index (κ2) is 4.56. The van der Waals surface area contributed by atoms with Crippen molar-refractivity contribution in [2.75, 3.05) is 6.54 Å². The van der Waals surface area contributed by atoms with E-state index in [1.54, 1.807) is 12.1 Å². The lowest BCUT2D eigenvalue weighted by atomic mass is 10.1. The van der Waals surface area contributed by atoms with Crippen LogP contribution in [0.5, 0.6) is 0 Å². The number of nitrogens with zero attached hydrogens (tertiary/aromatic N) is 2. The summed E-state index contributed by atoms with van der Waals surface area (Å²) >= 11 is 3.23. The zero-order valence-electron chi connectivity index (χ0n) is 10.9. The number of hydrogen-bond donors (Lipinski definition) is 0. The molecule has 0 saturated heterocycles. The van der Waals surface area contributed by atoms with Gasteiger partial charge in [0.1, 0.15) is 0 Å². The van der Waals surface area contributed by atoms with Crippen molar-refractivity contribution < 1.29 is 9.21 Å². The van der Waals surface area contributed by atoms with Gasteiger partial charge in [-0.05, 0) is 54.0 Å². The molecule has 2 aromatic rings. The van der Waals surface area contributed by atoms with Crippen LogP contribution in [0.3, 0.4) is 0 Å². The smallest absolute Gasteiger partial charge is 0.290 e. The van der Waals surface area contributed by atoms with Gasteiger partial charge in [0.25, 0.3) is 5.91 Å². The average Bonchev–Trinajstić information content (AvgIpc) is 2.97. The number of fused-ring (bicyclic) bond motifs is 1. The zero-order valence-corrected chi connectivity index (χ0v) is 12.5. The van der Waals surface area contributed by atoms with E-state index in [0.29, 0.717) is 17.0 Å². The number of aryl methyl sites for hydroxylation is 1. The summed E-state index contributed by atoms with van der Waals surface area (Å²) in [5, 5.41) is 0. The first-order valence-electron chi connectivity index (χ1n) is 6.30. The van der Waals surface area contributed by atoms with Gasteiger partial charge in [0.05, 0.1) is 6.04 Å². The highest BCUT2D eigenvalue weighted by atomic mass is 79.9. The molecule has 3 heterocycles. The van der Waals surface area contributed by atoms with Crippen LogP contribution in [-0.4, -0.2) is 21.9 Å². The summed E-state index contributed by atoms with van der Waals surface area (Å²) in [7, 11) is 0. The predicted molar refractivity (Wildman–Crippen MR) is 75.0 cm³/mol. The van der Waals surface area contributed by atoms with Gasteiger partial charge in [0.2, 0.25) is 0 Å². The highest BCUT2D eigenvalue weighted by molar-refractivity contribution is 9.10. The molecule has 4 nitrogen and oxygen atoms in total. The molecule has 0 spiro atoms. The Labute approximate surface area is 120 Å². The number of aromatic nitrogens is 1. The van der Waals surface area contributed by atoms with E-state index in [1.165, 1.54) is 11.4 Å². The fourth-order valence-electron chi connectivity index (χ4n) is 2.67. The SMILES string of the molecule is Cc1ccc2n1CCN(C(=O)c1ccc(Br)o1)C2C. The van der Waals surface area contributed by atoms with Gasteiger partial charge in [-0.15, -0.1) is 0 Å². The fraction of sp³-hybridized carbons (Fsp3) is 0.357. The first-order chi connectivity index (χ1) is 9.08. The maximum atomic E-state index is 12.4. The fourth-order valence-corrected chi connectivity index (χ4v) is 2.98. The van der Waals surface area contributed by atoms with Crippen LogP contribution < -0.4 is 0 Å². The Hall–Kier alpha value is -1.49. The van der Waals surface area contributed by atoms with Crippen molar-refractivity contribution in [2.24, 2.45) is 0 Å². The van der Waals surface area contributed by atoms with Gasteiger partial charge < -0.3 is 13.9 Å². The molecular weight excluding hydrogens is 308 g/mol. The number of rotatable bonds is 1. The van der Waals surface area contributed by atoms with Gasteiger partial charge in [-0.1, -0.05) is 0 Å². The Balaban J connectivity index is 1.90. The minimum atomic E-state index is -0.0525. The molecule has 100 valence electrons. The Kier molecular flexibility index (Phi) is 3.01. The predicted octanol–water partition coefficient (Wildman–Crippen LogP) is 3.37. The van der Waals surface area contributed by atoms with Crippen molar-refractivity contribution >= 4 is 21.8 Å². The minimum Gasteiger partial charge on any atom is -0.444 e. The van der Waals surface area contributed by atoms with Gasteiger partial charge in [-0.25, -0.2) is 0 Å². The number of furan rings is 1. The zero-order chi connectivity index (χ0) is 13.6. The quantitative estimate of drug-likeness (QED) is 0.807. The summed E-state index contributed by atoms with van der Waals surface area (Å²) in [6.07, 6.45) is 0. The lowest BCUT2D eigenvalue weighted by Gasteiger charge is -2.34. The molecule has 1 amide bonds. The third kappa shape index (κ3) is 2.02. The molecule has 0 fully saturated rings. The largest absolute Gasteiger partial charge is 0.444 e. The molecule has 0 aromatic carbocycles. The van der Waals surface area contributed by atoms with E-state index >= 15 is 0 Å². The van der Waals surface area contributed by atoms with E-state index in [9.17, 15) is 4.79 Å². The maximum Gasteiger partial charge on any atom is 0.290 e. The summed E-state index contributed by atoms with van der Waals surface area (Å²) < 4.78 is 8.21. The molecule has 2 aromatic heterocycles. The molecule has 3 rings (SSSR count). The summed E-state index contributed by atoms with van der Waals surface area (Å²) in [5.41, 5.74) is 2.43. The third-order valence-electron chi connectivity index (χ3n) is 3.74. The van der Waals surface area contributed by atoms with Gasteiger partial charge in [0.15, 0.2) is 10.4 Å². The van der Waals surface area contributed by atoms with Crippen molar-refractivity contribution in [3.05, 3.63) is 46.1 Å². The summed E-state index contributed by atoms with van der Waals surface area (Å²) in [5.74, 6) is 0.332. The van der Waals surface area contributed by atoms with Crippen LogP contribution in [0.25, 0.3) is 0 Å². The molecule has 0 aliphatic carbocycles. The number of amides is 1. The van der Waals surface area contributed by atoms with E-state index < -0.39 is 0 Å². The van der Waals surface area contributed by atoms with Crippen LogP contribution >= 0.6 is 15.9 Å². The molecule has 19 heavy (non-hydrogen) atoms. The van der Waals surface area contributed by atoms with E-state index in [0.717, 1.165) is 6.54 Å². The highest BCUT2D eigenvalue weighted by Gasteiger charge is 2.30. The van der Waals surface area contributed by atoms with E-state index in [1.807, 2.05) is 4.90 Å². The van der Waals surface area contributed by atoms with Crippen LogP contribution in [0.15, 0.2) is 33.4 Å². The molecule has 0 bridgehead atoms.